The van der Waals surface area contributed by atoms with E-state index in [0.29, 0.717) is 22.2 Å². The fourth-order valence-corrected chi connectivity index (χ4v) is 4.77. The predicted octanol–water partition coefficient (Wildman–Crippen LogP) is 4.94. The zero-order chi connectivity index (χ0) is 20.3. The Morgan fingerprint density at radius 3 is 2.54 bits per heavy atom. The summed E-state index contributed by atoms with van der Waals surface area (Å²) in [5.74, 6) is 0.330. The molecule has 150 valence electrons. The molecule has 6 heteroatoms. The molecule has 0 radical (unpaired) electrons. The number of aryl methyl sites for hydroxylation is 1. The number of hydrogen-bond donors (Lipinski definition) is 1. The summed E-state index contributed by atoms with van der Waals surface area (Å²) in [6, 6.07) is 7.75. The van der Waals surface area contributed by atoms with Crippen LogP contribution >= 0.6 is 11.3 Å². The van der Waals surface area contributed by atoms with Gasteiger partial charge in [0, 0.05) is 4.88 Å². The van der Waals surface area contributed by atoms with Gasteiger partial charge in [-0.2, -0.15) is 0 Å². The van der Waals surface area contributed by atoms with Crippen LogP contribution in [0.5, 0.6) is 5.75 Å². The van der Waals surface area contributed by atoms with Gasteiger partial charge < -0.3 is 14.8 Å². The Bertz CT molecular complexity index is 871. The van der Waals surface area contributed by atoms with Crippen LogP contribution < -0.4 is 10.1 Å². The molecule has 0 spiro atoms. The summed E-state index contributed by atoms with van der Waals surface area (Å²) in [7, 11) is 1.37. The van der Waals surface area contributed by atoms with Crippen LogP contribution in [0.2, 0.25) is 0 Å². The van der Waals surface area contributed by atoms with E-state index in [2.05, 4.69) is 19.2 Å². The summed E-state index contributed by atoms with van der Waals surface area (Å²) >= 11 is 1.48. The molecule has 0 unspecified atom stereocenters. The van der Waals surface area contributed by atoms with Gasteiger partial charge in [0.1, 0.15) is 10.8 Å². The number of fused-ring (bicyclic) bond motifs is 1. The molecule has 1 aromatic heterocycles. The van der Waals surface area contributed by atoms with E-state index in [4.69, 9.17) is 9.47 Å². The number of ether oxygens (including phenoxy) is 2. The summed E-state index contributed by atoms with van der Waals surface area (Å²) < 4.78 is 10.9. The quantitative estimate of drug-likeness (QED) is 0.696. The third-order valence-corrected chi connectivity index (χ3v) is 6.22. The van der Waals surface area contributed by atoms with Crippen molar-refractivity contribution in [3.63, 3.8) is 0 Å². The van der Waals surface area contributed by atoms with Gasteiger partial charge in [-0.05, 0) is 55.7 Å². The highest BCUT2D eigenvalue weighted by Crippen LogP contribution is 2.38. The highest BCUT2D eigenvalue weighted by Gasteiger charge is 2.28. The molecule has 1 N–H and O–H groups in total. The summed E-state index contributed by atoms with van der Waals surface area (Å²) in [5.41, 5.74) is 2.59. The fraction of sp³-hybridized carbons (Fsp3) is 0.455. The van der Waals surface area contributed by atoms with Crippen molar-refractivity contribution in [2.24, 2.45) is 0 Å². The summed E-state index contributed by atoms with van der Waals surface area (Å²) in [5, 5.41) is 3.47. The van der Waals surface area contributed by atoms with E-state index < -0.39 is 12.1 Å². The standard InChI is InChI=1S/C22H27NO4S/c1-13(2)15-9-5-7-11-17(15)27-14(3)20(24)23-21-19(22(25)26-4)16-10-6-8-12-18(16)28-21/h5,7,9,11,13-14H,6,8,10,12H2,1-4H3,(H,23,24)/t14-/m0/s1. The number of rotatable bonds is 6. The fourth-order valence-electron chi connectivity index (χ4n) is 3.49. The first-order valence-electron chi connectivity index (χ1n) is 9.71. The van der Waals surface area contributed by atoms with Gasteiger partial charge >= 0.3 is 5.97 Å². The molecule has 1 amide bonds. The van der Waals surface area contributed by atoms with Crippen LogP contribution in [0.4, 0.5) is 5.00 Å². The van der Waals surface area contributed by atoms with Crippen molar-refractivity contribution in [3.05, 3.63) is 45.8 Å². The van der Waals surface area contributed by atoms with Crippen molar-refractivity contribution >= 4 is 28.2 Å². The number of carbonyl (C=O) groups excluding carboxylic acids is 2. The Morgan fingerprint density at radius 2 is 1.82 bits per heavy atom. The van der Waals surface area contributed by atoms with Crippen LogP contribution in [0.1, 0.15) is 65.9 Å². The normalized spacial score (nSPS) is 14.3. The summed E-state index contributed by atoms with van der Waals surface area (Å²) in [6.45, 7) is 5.90. The van der Waals surface area contributed by atoms with Gasteiger partial charge in [0.25, 0.3) is 5.91 Å². The minimum absolute atomic E-state index is 0.276. The average Bonchev–Trinajstić information content (AvgIpc) is 3.05. The minimum Gasteiger partial charge on any atom is -0.481 e. The van der Waals surface area contributed by atoms with Crippen LogP contribution in [0.25, 0.3) is 0 Å². The third-order valence-electron chi connectivity index (χ3n) is 5.01. The van der Waals surface area contributed by atoms with Gasteiger partial charge in [0.15, 0.2) is 6.10 Å². The minimum atomic E-state index is -0.690. The first-order valence-corrected chi connectivity index (χ1v) is 10.5. The van der Waals surface area contributed by atoms with Crippen molar-refractivity contribution in [3.8, 4) is 5.75 Å². The number of hydrogen-bond acceptors (Lipinski definition) is 5. The summed E-state index contributed by atoms with van der Waals surface area (Å²) in [4.78, 5) is 26.3. The molecule has 1 atom stereocenters. The molecule has 5 nitrogen and oxygen atoms in total. The molecule has 1 aliphatic carbocycles. The zero-order valence-electron chi connectivity index (χ0n) is 16.8. The molecule has 28 heavy (non-hydrogen) atoms. The van der Waals surface area contributed by atoms with Gasteiger partial charge in [-0.25, -0.2) is 4.79 Å². The van der Waals surface area contributed by atoms with E-state index in [1.807, 2.05) is 24.3 Å². The van der Waals surface area contributed by atoms with Gasteiger partial charge in [-0.3, -0.25) is 4.79 Å². The molecular formula is C22H27NO4S. The Hall–Kier alpha value is -2.34. The number of benzene rings is 1. The number of methoxy groups -OCH3 is 1. The first-order chi connectivity index (χ1) is 13.4. The molecule has 3 rings (SSSR count). The second-order valence-corrected chi connectivity index (χ2v) is 8.45. The monoisotopic (exact) mass is 401 g/mol. The SMILES string of the molecule is COC(=O)c1c(NC(=O)[C@H](C)Oc2ccccc2C(C)C)sc2c1CCCC2. The van der Waals surface area contributed by atoms with Crippen LogP contribution in [-0.2, 0) is 22.4 Å². The van der Waals surface area contributed by atoms with E-state index in [1.54, 1.807) is 6.92 Å². The van der Waals surface area contributed by atoms with Crippen molar-refractivity contribution in [1.82, 2.24) is 0 Å². The number of nitrogens with one attached hydrogen (secondary N) is 1. The Balaban J connectivity index is 1.80. The smallest absolute Gasteiger partial charge is 0.341 e. The average molecular weight is 402 g/mol. The number of carbonyl (C=O) groups is 2. The Labute approximate surface area is 170 Å². The van der Waals surface area contributed by atoms with Crippen molar-refractivity contribution in [2.75, 3.05) is 12.4 Å². The van der Waals surface area contributed by atoms with Crippen molar-refractivity contribution in [1.29, 1.82) is 0 Å². The van der Waals surface area contributed by atoms with Crippen molar-refractivity contribution in [2.45, 2.75) is 58.5 Å². The molecule has 1 heterocycles. The molecule has 1 aromatic carbocycles. The Morgan fingerprint density at radius 1 is 1.11 bits per heavy atom. The lowest BCUT2D eigenvalue weighted by atomic mass is 9.95. The van der Waals surface area contributed by atoms with Crippen LogP contribution in [0.3, 0.4) is 0 Å². The maximum absolute atomic E-state index is 12.8. The molecule has 1 aliphatic rings. The molecule has 0 saturated carbocycles. The van der Waals surface area contributed by atoms with E-state index in [1.165, 1.54) is 23.3 Å². The van der Waals surface area contributed by atoms with Crippen LogP contribution in [0.15, 0.2) is 24.3 Å². The highest BCUT2D eigenvalue weighted by atomic mass is 32.1. The maximum atomic E-state index is 12.8. The maximum Gasteiger partial charge on any atom is 0.341 e. The van der Waals surface area contributed by atoms with E-state index in [-0.39, 0.29) is 5.91 Å². The highest BCUT2D eigenvalue weighted by molar-refractivity contribution is 7.17. The van der Waals surface area contributed by atoms with Gasteiger partial charge in [0.05, 0.1) is 12.7 Å². The Kier molecular flexibility index (Phi) is 6.39. The largest absolute Gasteiger partial charge is 0.481 e. The topological polar surface area (TPSA) is 64.6 Å². The lowest BCUT2D eigenvalue weighted by Gasteiger charge is -2.18. The van der Waals surface area contributed by atoms with E-state index in [0.717, 1.165) is 36.8 Å². The number of thiophene rings is 1. The number of anilines is 1. The second kappa shape index (κ2) is 8.78. The third kappa shape index (κ3) is 4.22. The van der Waals surface area contributed by atoms with E-state index in [9.17, 15) is 9.59 Å². The molecule has 0 aliphatic heterocycles. The van der Waals surface area contributed by atoms with Crippen molar-refractivity contribution < 1.29 is 19.1 Å². The first kappa shape index (κ1) is 20.4. The second-order valence-electron chi connectivity index (χ2n) is 7.35. The van der Waals surface area contributed by atoms with Gasteiger partial charge in [-0.1, -0.05) is 32.0 Å². The lowest BCUT2D eigenvalue weighted by Crippen LogP contribution is -2.30. The zero-order valence-corrected chi connectivity index (χ0v) is 17.7. The predicted molar refractivity (Wildman–Crippen MR) is 112 cm³/mol. The summed E-state index contributed by atoms with van der Waals surface area (Å²) in [6.07, 6.45) is 3.25. The number of esters is 1. The van der Waals surface area contributed by atoms with E-state index >= 15 is 0 Å². The van der Waals surface area contributed by atoms with Crippen LogP contribution in [0, 0.1) is 0 Å². The number of para-hydroxylation sites is 1. The molecule has 2 aromatic rings. The lowest BCUT2D eigenvalue weighted by molar-refractivity contribution is -0.122. The van der Waals surface area contributed by atoms with Crippen LogP contribution in [-0.4, -0.2) is 25.1 Å². The number of amides is 1. The molecule has 0 bridgehead atoms. The molecular weight excluding hydrogens is 374 g/mol. The van der Waals surface area contributed by atoms with Gasteiger partial charge in [-0.15, -0.1) is 11.3 Å². The molecule has 0 fully saturated rings. The van der Waals surface area contributed by atoms with Gasteiger partial charge in [0.2, 0.25) is 0 Å². The molecule has 0 saturated heterocycles.